The number of amides is 1. The standard InChI is InChI=1S/C70H131NO10/c1-4-7-10-13-16-19-22-24-26-28-30-31-32-33-34-36-38-40-43-46-49-52-55-58-65(75)81-68-67(77)66(76)64(59-72)80-70(68)79-60-61(62(73)56-53-50-47-44-41-21-18-15-12-9-6-3)71-69(78)63(74)57-54-51-48-45-42-39-37-35-29-27-25-23-20-17-14-11-8-5-2/h17,20,25,27,53,56,61-64,66-68,70,72-74,76-77H,4-16,18-19,21-24,26,28-52,54-55,57-60H2,1-3H3,(H,71,78)/b20-17-,27-25-,56-53+. The molecule has 476 valence electrons. The topological polar surface area (TPSA) is 175 Å². The molecule has 0 saturated carbocycles. The van der Waals surface area contributed by atoms with Crippen molar-refractivity contribution in [3.63, 3.8) is 0 Å². The van der Waals surface area contributed by atoms with Gasteiger partial charge in [-0.05, 0) is 57.8 Å². The van der Waals surface area contributed by atoms with Crippen LogP contribution in [0.1, 0.15) is 335 Å². The molecule has 1 aliphatic rings. The van der Waals surface area contributed by atoms with E-state index in [2.05, 4.69) is 50.4 Å². The molecule has 0 bridgehead atoms. The number of ether oxygens (including phenoxy) is 3. The Bertz CT molecular complexity index is 1460. The molecule has 1 heterocycles. The third-order valence-electron chi connectivity index (χ3n) is 16.5. The highest BCUT2D eigenvalue weighted by molar-refractivity contribution is 5.80. The maximum Gasteiger partial charge on any atom is 0.306 e. The number of esters is 1. The van der Waals surface area contributed by atoms with Crippen molar-refractivity contribution in [2.45, 2.75) is 384 Å². The molecule has 0 aromatic rings. The van der Waals surface area contributed by atoms with E-state index in [-0.39, 0.29) is 19.4 Å². The Balaban J connectivity index is 2.56. The third-order valence-corrected chi connectivity index (χ3v) is 16.5. The molecule has 1 amide bonds. The smallest absolute Gasteiger partial charge is 0.306 e. The second-order valence-corrected chi connectivity index (χ2v) is 24.3. The van der Waals surface area contributed by atoms with Crippen molar-refractivity contribution in [1.29, 1.82) is 0 Å². The number of aliphatic hydroxyl groups is 5. The van der Waals surface area contributed by atoms with Crippen molar-refractivity contribution in [2.24, 2.45) is 0 Å². The highest BCUT2D eigenvalue weighted by Gasteiger charge is 2.47. The second-order valence-electron chi connectivity index (χ2n) is 24.3. The summed E-state index contributed by atoms with van der Waals surface area (Å²) in [5, 5.41) is 57.1. The molecule has 1 rings (SSSR count). The zero-order valence-electron chi connectivity index (χ0n) is 52.9. The van der Waals surface area contributed by atoms with Crippen LogP contribution >= 0.6 is 0 Å². The minimum atomic E-state index is -1.61. The van der Waals surface area contributed by atoms with Gasteiger partial charge < -0.3 is 45.1 Å². The van der Waals surface area contributed by atoms with E-state index in [1.54, 1.807) is 6.08 Å². The van der Waals surface area contributed by atoms with E-state index in [9.17, 15) is 35.1 Å². The van der Waals surface area contributed by atoms with Gasteiger partial charge in [0.15, 0.2) is 12.4 Å². The number of rotatable bonds is 60. The lowest BCUT2D eigenvalue weighted by atomic mass is 9.99. The minimum Gasteiger partial charge on any atom is -0.454 e. The molecule has 11 heteroatoms. The number of nitrogens with one attached hydrogen (secondary N) is 1. The van der Waals surface area contributed by atoms with Crippen LogP contribution in [0.3, 0.4) is 0 Å². The third kappa shape index (κ3) is 45.9. The molecule has 1 saturated heterocycles. The Morgan fingerprint density at radius 1 is 0.481 bits per heavy atom. The van der Waals surface area contributed by atoms with Crippen LogP contribution in [-0.2, 0) is 23.8 Å². The van der Waals surface area contributed by atoms with Gasteiger partial charge in [0.05, 0.1) is 25.4 Å². The fourth-order valence-corrected chi connectivity index (χ4v) is 11.0. The van der Waals surface area contributed by atoms with Gasteiger partial charge in [-0.2, -0.15) is 0 Å². The van der Waals surface area contributed by atoms with Crippen LogP contribution in [0.5, 0.6) is 0 Å². The number of unbranched alkanes of at least 4 members (excludes halogenated alkanes) is 42. The first-order chi connectivity index (χ1) is 39.7. The summed E-state index contributed by atoms with van der Waals surface area (Å²) in [6, 6.07) is -1.02. The van der Waals surface area contributed by atoms with Crippen molar-refractivity contribution in [3.05, 3.63) is 36.5 Å². The molecule has 0 radical (unpaired) electrons. The molecule has 1 fully saturated rings. The summed E-state index contributed by atoms with van der Waals surface area (Å²) in [7, 11) is 0. The van der Waals surface area contributed by atoms with E-state index >= 15 is 0 Å². The average molecular weight is 1150 g/mol. The van der Waals surface area contributed by atoms with Gasteiger partial charge in [0.25, 0.3) is 0 Å². The quantitative estimate of drug-likeness (QED) is 0.0195. The average Bonchev–Trinajstić information content (AvgIpc) is 3.51. The summed E-state index contributed by atoms with van der Waals surface area (Å²) in [6.45, 7) is 5.80. The fourth-order valence-electron chi connectivity index (χ4n) is 11.0. The Morgan fingerprint density at radius 3 is 1.28 bits per heavy atom. The van der Waals surface area contributed by atoms with Crippen LogP contribution in [0.4, 0.5) is 0 Å². The van der Waals surface area contributed by atoms with Crippen LogP contribution in [0.25, 0.3) is 0 Å². The lowest BCUT2D eigenvalue weighted by molar-refractivity contribution is -0.305. The van der Waals surface area contributed by atoms with Crippen molar-refractivity contribution >= 4 is 11.9 Å². The van der Waals surface area contributed by atoms with Gasteiger partial charge in [-0.15, -0.1) is 0 Å². The Kier molecular flexibility index (Phi) is 55.3. The Labute approximate surface area is 498 Å². The molecule has 8 atom stereocenters. The first kappa shape index (κ1) is 76.9. The maximum absolute atomic E-state index is 13.4. The monoisotopic (exact) mass is 1150 g/mol. The van der Waals surface area contributed by atoms with Gasteiger partial charge in [-0.25, -0.2) is 0 Å². The number of allylic oxidation sites excluding steroid dienone is 5. The van der Waals surface area contributed by atoms with Crippen molar-refractivity contribution in [2.75, 3.05) is 13.2 Å². The molecule has 0 aromatic heterocycles. The summed E-state index contributed by atoms with van der Waals surface area (Å²) in [4.78, 5) is 26.6. The van der Waals surface area contributed by atoms with E-state index < -0.39 is 67.4 Å². The maximum atomic E-state index is 13.4. The second kappa shape index (κ2) is 58.3. The van der Waals surface area contributed by atoms with Crippen LogP contribution in [0, 0.1) is 0 Å². The number of hydrogen-bond donors (Lipinski definition) is 6. The fraction of sp³-hybridized carbons (Fsp3) is 0.886. The van der Waals surface area contributed by atoms with Gasteiger partial charge in [0, 0.05) is 6.42 Å². The van der Waals surface area contributed by atoms with Crippen molar-refractivity contribution in [3.8, 4) is 0 Å². The zero-order chi connectivity index (χ0) is 58.9. The summed E-state index contributed by atoms with van der Waals surface area (Å²) in [5.41, 5.74) is 0. The zero-order valence-corrected chi connectivity index (χ0v) is 52.9. The van der Waals surface area contributed by atoms with E-state index in [4.69, 9.17) is 14.2 Å². The normalized spacial score (nSPS) is 18.8. The Hall–Kier alpha value is -2.12. The molecule has 11 nitrogen and oxygen atoms in total. The number of carbonyl (C=O) groups excluding carboxylic acids is 2. The predicted molar refractivity (Wildman–Crippen MR) is 338 cm³/mol. The predicted octanol–water partition coefficient (Wildman–Crippen LogP) is 17.4. The number of aliphatic hydroxyl groups excluding tert-OH is 5. The van der Waals surface area contributed by atoms with Gasteiger partial charge in [-0.1, -0.05) is 308 Å². The largest absolute Gasteiger partial charge is 0.454 e. The van der Waals surface area contributed by atoms with Gasteiger partial charge in [0.1, 0.15) is 24.4 Å². The summed E-state index contributed by atoms with van der Waals surface area (Å²) in [5.74, 6) is -1.18. The van der Waals surface area contributed by atoms with E-state index in [1.165, 1.54) is 218 Å². The molecule has 1 aliphatic heterocycles. The van der Waals surface area contributed by atoms with Gasteiger partial charge >= 0.3 is 5.97 Å². The van der Waals surface area contributed by atoms with E-state index in [1.807, 2.05) is 6.08 Å². The van der Waals surface area contributed by atoms with Crippen molar-refractivity contribution < 1.29 is 49.3 Å². The molecule has 8 unspecified atom stereocenters. The summed E-state index contributed by atoms with van der Waals surface area (Å²) < 4.78 is 17.7. The number of hydrogen-bond acceptors (Lipinski definition) is 10. The summed E-state index contributed by atoms with van der Waals surface area (Å²) in [6.07, 6.45) is 60.5. The molecule has 0 aromatic carbocycles. The first-order valence-corrected chi connectivity index (χ1v) is 34.8. The number of carbonyl (C=O) groups is 2. The molecule has 81 heavy (non-hydrogen) atoms. The first-order valence-electron chi connectivity index (χ1n) is 34.8. The minimum absolute atomic E-state index is 0.129. The van der Waals surface area contributed by atoms with Crippen LogP contribution < -0.4 is 5.32 Å². The van der Waals surface area contributed by atoms with E-state index in [0.717, 1.165) is 70.6 Å². The van der Waals surface area contributed by atoms with Gasteiger partial charge in [-0.3, -0.25) is 9.59 Å². The molecule has 6 N–H and O–H groups in total. The lowest BCUT2D eigenvalue weighted by Gasteiger charge is -2.41. The summed E-state index contributed by atoms with van der Waals surface area (Å²) >= 11 is 0. The molecule has 0 aliphatic carbocycles. The van der Waals surface area contributed by atoms with Crippen molar-refractivity contribution in [1.82, 2.24) is 5.32 Å². The SMILES string of the molecule is CCCCC/C=C\C/C=C\CCCCCCCCCCC(O)C(=O)NC(COC1OC(CO)C(O)C(O)C1OC(=O)CCCCCCCCCCCCCCCCCCCCCCCCC)C(O)/C=C/CCCCCCCCCCC. The molecule has 0 spiro atoms. The molecular weight excluding hydrogens is 1010 g/mol. The van der Waals surface area contributed by atoms with E-state index in [0.29, 0.717) is 12.8 Å². The lowest BCUT2D eigenvalue weighted by Crippen LogP contribution is -2.61. The highest BCUT2D eigenvalue weighted by atomic mass is 16.7. The van der Waals surface area contributed by atoms with Gasteiger partial charge in [0.2, 0.25) is 5.91 Å². The molecular formula is C70H131NO10. The van der Waals surface area contributed by atoms with Crippen LogP contribution in [-0.4, -0.2) is 99.6 Å². The highest BCUT2D eigenvalue weighted by Crippen LogP contribution is 2.26. The van der Waals surface area contributed by atoms with Crippen LogP contribution in [0.2, 0.25) is 0 Å². The van der Waals surface area contributed by atoms with Crippen LogP contribution in [0.15, 0.2) is 36.5 Å². The Morgan fingerprint density at radius 2 is 0.852 bits per heavy atom.